The summed E-state index contributed by atoms with van der Waals surface area (Å²) in [6, 6.07) is 6.19. The predicted molar refractivity (Wildman–Crippen MR) is 56.4 cm³/mol. The maximum absolute atomic E-state index is 11.0. The van der Waals surface area contributed by atoms with Gasteiger partial charge in [-0.25, -0.2) is 4.79 Å². The molecule has 1 aromatic carbocycles. The third-order valence-corrected chi connectivity index (χ3v) is 2.47. The van der Waals surface area contributed by atoms with Crippen molar-refractivity contribution in [2.24, 2.45) is 0 Å². The van der Waals surface area contributed by atoms with Gasteiger partial charge in [-0.05, 0) is 31.7 Å². The van der Waals surface area contributed by atoms with Gasteiger partial charge in [-0.15, -0.1) is 0 Å². The highest BCUT2D eigenvalue weighted by atomic mass is 16.1. The van der Waals surface area contributed by atoms with E-state index in [-0.39, 0.29) is 11.7 Å². The topological polar surface area (TPSA) is 60.7 Å². The highest BCUT2D eigenvalue weighted by Crippen LogP contribution is 2.16. The van der Waals surface area contributed by atoms with Crippen LogP contribution in [0.4, 0.5) is 0 Å². The quantitative estimate of drug-likeness (QED) is 0.666. The Morgan fingerprint density at radius 1 is 1.29 bits per heavy atom. The molecule has 0 spiro atoms. The smallest absolute Gasteiger partial charge is 0.313 e. The van der Waals surface area contributed by atoms with E-state index in [4.69, 9.17) is 0 Å². The van der Waals surface area contributed by atoms with Gasteiger partial charge in [-0.3, -0.25) is 0 Å². The fourth-order valence-corrected chi connectivity index (χ4v) is 1.49. The Hall–Kier alpha value is -1.55. The van der Waals surface area contributed by atoms with Crippen molar-refractivity contribution in [2.75, 3.05) is 7.05 Å². The van der Waals surface area contributed by atoms with Gasteiger partial charge in [-0.2, -0.15) is 0 Å². The number of nitrogens with one attached hydrogen (secondary N) is 3. The number of imidazole rings is 1. The van der Waals surface area contributed by atoms with Crippen LogP contribution in [0.1, 0.15) is 18.5 Å². The number of hydrogen-bond donors (Lipinski definition) is 3. The molecule has 74 valence electrons. The summed E-state index contributed by atoms with van der Waals surface area (Å²) in [5, 5.41) is 3.15. The van der Waals surface area contributed by atoms with Crippen LogP contribution >= 0.6 is 0 Å². The van der Waals surface area contributed by atoms with E-state index in [2.05, 4.69) is 22.2 Å². The van der Waals surface area contributed by atoms with Crippen LogP contribution in [0.2, 0.25) is 0 Å². The van der Waals surface area contributed by atoms with Crippen molar-refractivity contribution in [3.8, 4) is 0 Å². The lowest BCUT2D eigenvalue weighted by Crippen LogP contribution is -2.11. The molecular weight excluding hydrogens is 178 g/mol. The highest BCUT2D eigenvalue weighted by molar-refractivity contribution is 5.75. The van der Waals surface area contributed by atoms with E-state index in [9.17, 15) is 4.79 Å². The lowest BCUT2D eigenvalue weighted by atomic mass is 10.1. The van der Waals surface area contributed by atoms with Crippen LogP contribution in [-0.4, -0.2) is 17.0 Å². The van der Waals surface area contributed by atoms with Crippen LogP contribution in [0, 0.1) is 0 Å². The molecule has 0 saturated carbocycles. The molecule has 0 radical (unpaired) electrons. The van der Waals surface area contributed by atoms with Gasteiger partial charge in [0.05, 0.1) is 11.0 Å². The van der Waals surface area contributed by atoms with E-state index in [1.807, 2.05) is 25.2 Å². The maximum atomic E-state index is 11.0. The fourth-order valence-electron chi connectivity index (χ4n) is 1.49. The van der Waals surface area contributed by atoms with Gasteiger partial charge in [0, 0.05) is 6.04 Å². The van der Waals surface area contributed by atoms with Crippen LogP contribution in [0.25, 0.3) is 11.0 Å². The summed E-state index contributed by atoms with van der Waals surface area (Å²) in [6.45, 7) is 2.08. The van der Waals surface area contributed by atoms with E-state index in [0.29, 0.717) is 0 Å². The lowest BCUT2D eigenvalue weighted by Gasteiger charge is -2.09. The van der Waals surface area contributed by atoms with Crippen molar-refractivity contribution in [2.45, 2.75) is 13.0 Å². The molecular formula is C10H13N3O. The fraction of sp³-hybridized carbons (Fsp3) is 0.300. The van der Waals surface area contributed by atoms with Crippen molar-refractivity contribution in [1.82, 2.24) is 15.3 Å². The predicted octanol–water partition coefficient (Wildman–Crippen LogP) is 1.14. The molecule has 0 aliphatic rings. The largest absolute Gasteiger partial charge is 0.323 e. The first-order chi connectivity index (χ1) is 6.70. The molecule has 14 heavy (non-hydrogen) atoms. The average Bonchev–Trinajstić information content (AvgIpc) is 2.55. The zero-order valence-electron chi connectivity index (χ0n) is 8.22. The molecule has 0 saturated heterocycles. The first-order valence-electron chi connectivity index (χ1n) is 4.60. The first kappa shape index (κ1) is 9.02. The van der Waals surface area contributed by atoms with E-state index in [0.717, 1.165) is 16.6 Å². The Morgan fingerprint density at radius 3 is 2.71 bits per heavy atom. The second-order valence-electron chi connectivity index (χ2n) is 3.39. The molecule has 1 heterocycles. The van der Waals surface area contributed by atoms with E-state index in [1.54, 1.807) is 0 Å². The Morgan fingerprint density at radius 2 is 2.00 bits per heavy atom. The molecule has 1 unspecified atom stereocenters. The second kappa shape index (κ2) is 3.31. The third-order valence-electron chi connectivity index (χ3n) is 2.47. The van der Waals surface area contributed by atoms with Crippen molar-refractivity contribution in [3.63, 3.8) is 0 Å². The number of H-pyrrole nitrogens is 2. The van der Waals surface area contributed by atoms with Gasteiger partial charge < -0.3 is 15.3 Å². The third kappa shape index (κ3) is 1.44. The van der Waals surface area contributed by atoms with Crippen LogP contribution in [-0.2, 0) is 0 Å². The Kier molecular flexibility index (Phi) is 2.13. The molecule has 0 fully saturated rings. The minimum absolute atomic E-state index is 0.158. The summed E-state index contributed by atoms with van der Waals surface area (Å²) in [6.07, 6.45) is 0. The Bertz CT molecular complexity index is 497. The molecule has 0 amide bonds. The Labute approximate surface area is 81.3 Å². The van der Waals surface area contributed by atoms with Gasteiger partial charge in [-0.1, -0.05) is 6.07 Å². The zero-order valence-corrected chi connectivity index (χ0v) is 8.22. The maximum Gasteiger partial charge on any atom is 0.323 e. The summed E-state index contributed by atoms with van der Waals surface area (Å²) in [7, 11) is 1.91. The van der Waals surface area contributed by atoms with Gasteiger partial charge in [0.1, 0.15) is 0 Å². The van der Waals surface area contributed by atoms with E-state index in [1.165, 1.54) is 0 Å². The minimum Gasteiger partial charge on any atom is -0.313 e. The molecule has 1 atom stereocenters. The normalized spacial score (nSPS) is 13.3. The molecule has 0 bridgehead atoms. The number of rotatable bonds is 2. The summed E-state index contributed by atoms with van der Waals surface area (Å²) in [5.74, 6) is 0. The van der Waals surface area contributed by atoms with Gasteiger partial charge in [0.2, 0.25) is 0 Å². The summed E-state index contributed by atoms with van der Waals surface area (Å²) >= 11 is 0. The van der Waals surface area contributed by atoms with Crippen molar-refractivity contribution in [1.29, 1.82) is 0 Å². The van der Waals surface area contributed by atoms with Gasteiger partial charge >= 0.3 is 5.69 Å². The second-order valence-corrected chi connectivity index (χ2v) is 3.39. The van der Waals surface area contributed by atoms with Crippen molar-refractivity contribution >= 4 is 11.0 Å². The summed E-state index contributed by atoms with van der Waals surface area (Å²) in [4.78, 5) is 16.5. The molecule has 4 nitrogen and oxygen atoms in total. The standard InChI is InChI=1S/C10H13N3O/c1-6(11-2)7-3-4-8-9(5-7)13-10(14)12-8/h3-6,11H,1-2H3,(H2,12,13,14). The molecule has 1 aromatic heterocycles. The summed E-state index contributed by atoms with van der Waals surface area (Å²) in [5.41, 5.74) is 2.71. The minimum atomic E-state index is -0.158. The highest BCUT2D eigenvalue weighted by Gasteiger charge is 2.04. The van der Waals surface area contributed by atoms with E-state index >= 15 is 0 Å². The summed E-state index contributed by atoms with van der Waals surface area (Å²) < 4.78 is 0. The molecule has 2 aromatic rings. The lowest BCUT2D eigenvalue weighted by molar-refractivity contribution is 0.653. The molecule has 3 N–H and O–H groups in total. The first-order valence-corrected chi connectivity index (χ1v) is 4.60. The van der Waals surface area contributed by atoms with E-state index < -0.39 is 0 Å². The molecule has 2 rings (SSSR count). The van der Waals surface area contributed by atoms with Crippen LogP contribution in [0.15, 0.2) is 23.0 Å². The van der Waals surface area contributed by atoms with Crippen LogP contribution in [0.3, 0.4) is 0 Å². The molecule has 0 aliphatic carbocycles. The van der Waals surface area contributed by atoms with Crippen LogP contribution < -0.4 is 11.0 Å². The zero-order chi connectivity index (χ0) is 10.1. The number of hydrogen-bond acceptors (Lipinski definition) is 2. The number of fused-ring (bicyclic) bond motifs is 1. The number of aromatic nitrogens is 2. The van der Waals surface area contributed by atoms with Gasteiger partial charge in [0.25, 0.3) is 0 Å². The molecule has 0 aliphatic heterocycles. The SMILES string of the molecule is CNC(C)c1ccc2[nH]c(=O)[nH]c2c1. The van der Waals surface area contributed by atoms with Crippen molar-refractivity contribution < 1.29 is 0 Å². The van der Waals surface area contributed by atoms with Gasteiger partial charge in [0.15, 0.2) is 0 Å². The Balaban J connectivity index is 2.55. The average molecular weight is 191 g/mol. The van der Waals surface area contributed by atoms with Crippen molar-refractivity contribution in [3.05, 3.63) is 34.2 Å². The number of benzene rings is 1. The monoisotopic (exact) mass is 191 g/mol. The number of aromatic amines is 2. The molecule has 4 heteroatoms. The van der Waals surface area contributed by atoms with Crippen LogP contribution in [0.5, 0.6) is 0 Å².